The molecule has 0 heterocycles. The molecule has 39 heavy (non-hydrogen) atoms. The highest BCUT2D eigenvalue weighted by atomic mass is 16.5. The van der Waals surface area contributed by atoms with E-state index in [1.165, 1.54) is 51.4 Å². The summed E-state index contributed by atoms with van der Waals surface area (Å²) in [6.45, 7) is 21.4. The Morgan fingerprint density at radius 3 is 1.87 bits per heavy atom. The molecule has 0 saturated heterocycles. The highest BCUT2D eigenvalue weighted by molar-refractivity contribution is 6.24. The minimum absolute atomic E-state index is 0.145. The maximum atomic E-state index is 13.4. The number of rotatable bonds is 10. The van der Waals surface area contributed by atoms with Gasteiger partial charge in [-0.2, -0.15) is 0 Å². The van der Waals surface area contributed by atoms with Gasteiger partial charge in [0.05, 0.1) is 19.9 Å². The molecule has 0 spiro atoms. The number of carbonyl (C=O) groups is 3. The molecular formula is C31H56N2O6. The fraction of sp³-hybridized carbons (Fsp3) is 0.645. The number of anilines is 1. The van der Waals surface area contributed by atoms with E-state index in [2.05, 4.69) is 33.0 Å². The van der Waals surface area contributed by atoms with Gasteiger partial charge in [-0.25, -0.2) is 4.79 Å². The molecule has 1 aromatic carbocycles. The zero-order valence-electron chi connectivity index (χ0n) is 26.9. The van der Waals surface area contributed by atoms with Crippen LogP contribution < -0.4 is 15.0 Å². The summed E-state index contributed by atoms with van der Waals surface area (Å²) >= 11 is 0. The van der Waals surface area contributed by atoms with Crippen LogP contribution >= 0.6 is 0 Å². The van der Waals surface area contributed by atoms with Gasteiger partial charge in [-0.3, -0.25) is 9.59 Å². The van der Waals surface area contributed by atoms with Gasteiger partial charge in [0.25, 0.3) is 11.8 Å². The van der Waals surface area contributed by atoms with Crippen molar-refractivity contribution in [2.75, 3.05) is 25.7 Å². The lowest BCUT2D eigenvalue weighted by atomic mass is 9.98. The van der Waals surface area contributed by atoms with Crippen molar-refractivity contribution in [1.82, 2.24) is 5.32 Å². The maximum absolute atomic E-state index is 13.4. The standard InChI is InChI=1S/C22H32N2O6.C4H10.C3H8.C2H6/c1-8-13-24(17-14(4)11-12-16(29-6)18(17)25)20(27)15(9-2)19(26)23-22(5,10-3)21(28)30-7;1-3-4-2;1-3-2;1-2/h9,11-12,25H,8,10,13H2,1-7H3,(H,23,26);3-4H2,1-2H3;3H2,1-2H3;1-2H3/b15-9-;;;. The minimum atomic E-state index is -1.27. The molecule has 0 radical (unpaired) electrons. The van der Waals surface area contributed by atoms with Gasteiger partial charge in [0.2, 0.25) is 0 Å². The summed E-state index contributed by atoms with van der Waals surface area (Å²) in [6.07, 6.45) is 6.15. The number of benzene rings is 1. The van der Waals surface area contributed by atoms with Gasteiger partial charge < -0.3 is 24.8 Å². The average molecular weight is 553 g/mol. The Kier molecular flexibility index (Phi) is 23.8. The fourth-order valence-corrected chi connectivity index (χ4v) is 3.03. The van der Waals surface area contributed by atoms with Gasteiger partial charge in [-0.15, -0.1) is 0 Å². The second-order valence-corrected chi connectivity index (χ2v) is 8.78. The summed E-state index contributed by atoms with van der Waals surface area (Å²) in [4.78, 5) is 39.7. The maximum Gasteiger partial charge on any atom is 0.331 e. The number of hydrogen-bond donors (Lipinski definition) is 2. The summed E-state index contributed by atoms with van der Waals surface area (Å²) in [5, 5.41) is 13.2. The highest BCUT2D eigenvalue weighted by Gasteiger charge is 2.37. The predicted molar refractivity (Wildman–Crippen MR) is 163 cm³/mol. The van der Waals surface area contributed by atoms with Crippen molar-refractivity contribution in [2.24, 2.45) is 0 Å². The van der Waals surface area contributed by atoms with E-state index in [4.69, 9.17) is 9.47 Å². The van der Waals surface area contributed by atoms with Crippen molar-refractivity contribution in [2.45, 2.75) is 114 Å². The summed E-state index contributed by atoms with van der Waals surface area (Å²) < 4.78 is 9.95. The summed E-state index contributed by atoms with van der Waals surface area (Å²) in [5.74, 6) is -1.85. The normalized spacial score (nSPS) is 11.6. The Morgan fingerprint density at radius 2 is 1.51 bits per heavy atom. The third-order valence-corrected chi connectivity index (χ3v) is 5.49. The molecule has 8 heteroatoms. The number of phenols is 1. The first-order valence-electron chi connectivity index (χ1n) is 14.2. The van der Waals surface area contributed by atoms with Gasteiger partial charge in [0.1, 0.15) is 11.1 Å². The number of unbranched alkanes of at least 4 members (excludes halogenated alkanes) is 1. The van der Waals surface area contributed by atoms with Gasteiger partial charge in [0, 0.05) is 6.54 Å². The largest absolute Gasteiger partial charge is 0.503 e. The van der Waals surface area contributed by atoms with Crippen LogP contribution in [0.1, 0.15) is 107 Å². The number of nitrogens with one attached hydrogen (secondary N) is 1. The molecule has 0 fully saturated rings. The lowest BCUT2D eigenvalue weighted by Crippen LogP contribution is -2.54. The van der Waals surface area contributed by atoms with Crippen LogP contribution in [0.15, 0.2) is 23.8 Å². The molecule has 2 N–H and O–H groups in total. The third kappa shape index (κ3) is 13.1. The van der Waals surface area contributed by atoms with Crippen molar-refractivity contribution >= 4 is 23.5 Å². The SMILES string of the molecule is C/C=C(/C(=O)NC(C)(CC)C(=O)OC)C(=O)N(CCC)c1c(C)ccc(OC)c1O.CC.CCC.CCCC. The summed E-state index contributed by atoms with van der Waals surface area (Å²) in [5.41, 5.74) is -0.489. The Balaban J connectivity index is -0.00000126. The van der Waals surface area contributed by atoms with E-state index in [9.17, 15) is 19.5 Å². The number of phenolic OH excluding ortho intramolecular Hbond substituents is 1. The van der Waals surface area contributed by atoms with Gasteiger partial charge in [-0.1, -0.05) is 86.8 Å². The summed E-state index contributed by atoms with van der Waals surface area (Å²) in [6, 6.07) is 3.33. The Labute approximate surface area is 238 Å². The highest BCUT2D eigenvalue weighted by Crippen LogP contribution is 2.39. The van der Waals surface area contributed by atoms with Crippen molar-refractivity contribution in [3.63, 3.8) is 0 Å². The fourth-order valence-electron chi connectivity index (χ4n) is 3.03. The Hall–Kier alpha value is -3.03. The molecular weight excluding hydrogens is 496 g/mol. The second-order valence-electron chi connectivity index (χ2n) is 8.78. The molecule has 0 aliphatic heterocycles. The number of aromatic hydroxyl groups is 1. The molecule has 8 nitrogen and oxygen atoms in total. The number of ether oxygens (including phenoxy) is 2. The minimum Gasteiger partial charge on any atom is -0.503 e. The summed E-state index contributed by atoms with van der Waals surface area (Å²) in [7, 11) is 2.66. The number of esters is 1. The monoisotopic (exact) mass is 552 g/mol. The van der Waals surface area contributed by atoms with Crippen LogP contribution in [-0.2, 0) is 19.1 Å². The van der Waals surface area contributed by atoms with Crippen LogP contribution in [0.25, 0.3) is 0 Å². The molecule has 1 atom stereocenters. The van der Waals surface area contributed by atoms with Crippen molar-refractivity contribution in [3.05, 3.63) is 29.3 Å². The number of amides is 2. The van der Waals surface area contributed by atoms with Crippen LogP contribution in [0.3, 0.4) is 0 Å². The first-order chi connectivity index (χ1) is 18.4. The van der Waals surface area contributed by atoms with Crippen LogP contribution in [0.4, 0.5) is 5.69 Å². The van der Waals surface area contributed by atoms with E-state index in [-0.39, 0.29) is 35.7 Å². The smallest absolute Gasteiger partial charge is 0.331 e. The topological polar surface area (TPSA) is 105 Å². The number of carbonyl (C=O) groups excluding carboxylic acids is 3. The lowest BCUT2D eigenvalue weighted by molar-refractivity contribution is -0.150. The molecule has 1 aromatic rings. The molecule has 226 valence electrons. The van der Waals surface area contributed by atoms with E-state index in [0.29, 0.717) is 12.0 Å². The zero-order valence-corrected chi connectivity index (χ0v) is 26.9. The number of allylic oxidation sites excluding steroid dienone is 1. The van der Waals surface area contributed by atoms with Gasteiger partial charge in [0.15, 0.2) is 11.5 Å². The van der Waals surface area contributed by atoms with E-state index in [1.54, 1.807) is 32.9 Å². The molecule has 1 unspecified atom stereocenters. The molecule has 0 aromatic heterocycles. The molecule has 1 rings (SSSR count). The van der Waals surface area contributed by atoms with Crippen molar-refractivity contribution in [1.29, 1.82) is 0 Å². The number of hydrogen-bond acceptors (Lipinski definition) is 6. The number of aryl methyl sites for hydroxylation is 1. The lowest BCUT2D eigenvalue weighted by Gasteiger charge is -2.29. The predicted octanol–water partition coefficient (Wildman–Crippen LogP) is 7.11. The Bertz CT molecular complexity index is 880. The number of nitrogens with zero attached hydrogens (tertiary/aromatic N) is 1. The van der Waals surface area contributed by atoms with Crippen LogP contribution in [0, 0.1) is 6.92 Å². The van der Waals surface area contributed by atoms with Crippen LogP contribution in [0.2, 0.25) is 0 Å². The van der Waals surface area contributed by atoms with Crippen molar-refractivity contribution < 1.29 is 29.0 Å². The first-order valence-corrected chi connectivity index (χ1v) is 14.2. The quantitative estimate of drug-likeness (QED) is 0.139. The third-order valence-electron chi connectivity index (χ3n) is 5.49. The molecule has 0 aliphatic carbocycles. The van der Waals surface area contributed by atoms with Crippen molar-refractivity contribution in [3.8, 4) is 11.5 Å². The first kappa shape index (κ1) is 40.5. The van der Waals surface area contributed by atoms with Gasteiger partial charge >= 0.3 is 5.97 Å². The van der Waals surface area contributed by atoms with Gasteiger partial charge in [-0.05, 0) is 45.2 Å². The zero-order chi connectivity index (χ0) is 31.2. The van der Waals surface area contributed by atoms with E-state index in [1.807, 2.05) is 20.8 Å². The van der Waals surface area contributed by atoms with E-state index >= 15 is 0 Å². The second kappa shape index (κ2) is 22.9. The Morgan fingerprint density at radius 1 is 1.00 bits per heavy atom. The molecule has 0 saturated carbocycles. The van der Waals surface area contributed by atoms with Crippen LogP contribution in [-0.4, -0.2) is 49.2 Å². The van der Waals surface area contributed by atoms with E-state index < -0.39 is 23.3 Å². The van der Waals surface area contributed by atoms with E-state index in [0.717, 1.165) is 0 Å². The average Bonchev–Trinajstić information content (AvgIpc) is 2.93. The number of methoxy groups -OCH3 is 2. The molecule has 0 aliphatic rings. The molecule has 0 bridgehead atoms. The van der Waals surface area contributed by atoms with Crippen LogP contribution in [0.5, 0.6) is 11.5 Å². The molecule has 2 amide bonds.